The molecule has 310 valence electrons. The summed E-state index contributed by atoms with van der Waals surface area (Å²) in [5.41, 5.74) is 2.75. The van der Waals surface area contributed by atoms with Crippen LogP contribution in [0.1, 0.15) is 42.0 Å². The Bertz CT molecular complexity index is 2470. The molecule has 4 aliphatic rings. The Kier molecular flexibility index (Phi) is 10.4. The molecular weight excluding hydrogens is 824 g/mol. The van der Waals surface area contributed by atoms with Gasteiger partial charge in [0.1, 0.15) is 0 Å². The molecule has 1 saturated carbocycles. The van der Waals surface area contributed by atoms with Gasteiger partial charge in [-0.3, -0.25) is 29.5 Å². The zero-order valence-electron chi connectivity index (χ0n) is 32.3. The largest absolute Gasteiger partial charge is 0.502 e. The summed E-state index contributed by atoms with van der Waals surface area (Å²) in [6.45, 7) is 2.00. The van der Waals surface area contributed by atoms with Gasteiger partial charge in [-0.15, -0.1) is 0 Å². The Morgan fingerprint density at radius 3 is 2.20 bits per heavy atom. The maximum absolute atomic E-state index is 15.4. The highest BCUT2D eigenvalue weighted by Gasteiger charge is 2.69. The van der Waals surface area contributed by atoms with Crippen molar-refractivity contribution < 1.29 is 46.9 Å². The van der Waals surface area contributed by atoms with Gasteiger partial charge in [-0.1, -0.05) is 78.2 Å². The number of nitrogens with zero attached hydrogens (tertiary/aromatic N) is 3. The number of pyridine rings is 1. The van der Waals surface area contributed by atoms with Crippen LogP contribution in [-0.2, 0) is 37.2 Å². The monoisotopic (exact) mass is 860 g/mol. The van der Waals surface area contributed by atoms with Crippen LogP contribution in [0.4, 0.5) is 24.7 Å². The van der Waals surface area contributed by atoms with Gasteiger partial charge in [0.2, 0.25) is 17.6 Å². The quantitative estimate of drug-likeness (QED) is 0.126. The third-order valence-electron chi connectivity index (χ3n) is 12.2. The lowest BCUT2D eigenvalue weighted by Gasteiger charge is -2.49. The zero-order chi connectivity index (χ0) is 42.8. The highest BCUT2D eigenvalue weighted by atomic mass is 35.5. The summed E-state index contributed by atoms with van der Waals surface area (Å²) in [5, 5.41) is 11.2. The van der Waals surface area contributed by atoms with E-state index in [4.69, 9.17) is 32.7 Å². The number of hydrogen-bond donors (Lipinski definition) is 2. The lowest BCUT2D eigenvalue weighted by molar-refractivity contribution is -0.139. The number of carbonyl (C=O) groups excluding carboxylic acids is 4. The lowest BCUT2D eigenvalue weighted by atomic mass is 9.50. The van der Waals surface area contributed by atoms with Crippen molar-refractivity contribution in [2.45, 2.75) is 37.8 Å². The molecule has 0 spiro atoms. The predicted octanol–water partition coefficient (Wildman–Crippen LogP) is 8.43. The van der Waals surface area contributed by atoms with Crippen LogP contribution < -0.4 is 19.8 Å². The first-order valence-electron chi connectivity index (χ1n) is 19.1. The second kappa shape index (κ2) is 15.3. The summed E-state index contributed by atoms with van der Waals surface area (Å²) in [7, 11) is 2.75. The third kappa shape index (κ3) is 6.47. The van der Waals surface area contributed by atoms with E-state index >= 15 is 4.79 Å². The second-order valence-electron chi connectivity index (χ2n) is 15.1. The van der Waals surface area contributed by atoms with E-state index in [-0.39, 0.29) is 41.8 Å². The van der Waals surface area contributed by atoms with Gasteiger partial charge in [0.05, 0.1) is 53.7 Å². The lowest BCUT2D eigenvalue weighted by Crippen LogP contribution is -2.54. The minimum Gasteiger partial charge on any atom is -0.502 e. The molecule has 0 bridgehead atoms. The van der Waals surface area contributed by atoms with Gasteiger partial charge in [-0.2, -0.15) is 18.2 Å². The van der Waals surface area contributed by atoms with Gasteiger partial charge in [0.25, 0.3) is 11.8 Å². The van der Waals surface area contributed by atoms with Crippen molar-refractivity contribution in [3.8, 4) is 17.2 Å². The summed E-state index contributed by atoms with van der Waals surface area (Å²) >= 11 is 12.7. The number of halogens is 5. The zero-order valence-corrected chi connectivity index (χ0v) is 33.8. The Hall–Kier alpha value is -5.86. The van der Waals surface area contributed by atoms with Crippen molar-refractivity contribution in [1.29, 1.82) is 0 Å². The number of fused-ring (bicyclic) bond motifs is 4. The fourth-order valence-electron chi connectivity index (χ4n) is 9.38. The molecule has 3 aromatic carbocycles. The first-order valence-corrected chi connectivity index (χ1v) is 19.8. The number of phenolic OH excluding ortho intramolecular Hbond substituents is 1. The van der Waals surface area contributed by atoms with Crippen molar-refractivity contribution in [3.63, 3.8) is 0 Å². The number of hydrazine groups is 1. The smallest absolute Gasteiger partial charge is 0.417 e. The van der Waals surface area contributed by atoms with Crippen LogP contribution >= 0.6 is 23.2 Å². The number of phenols is 1. The van der Waals surface area contributed by atoms with E-state index in [0.717, 1.165) is 17.0 Å². The first-order chi connectivity index (χ1) is 28.6. The number of methoxy groups -OCH3 is 2. The van der Waals surface area contributed by atoms with Crippen molar-refractivity contribution in [2.24, 2.45) is 29.6 Å². The molecule has 1 aromatic heterocycles. The molecule has 0 radical (unpaired) electrons. The number of aromatic hydroxyl groups is 1. The van der Waals surface area contributed by atoms with Gasteiger partial charge in [-0.05, 0) is 84.3 Å². The van der Waals surface area contributed by atoms with E-state index < -0.39 is 69.5 Å². The average Bonchev–Trinajstić information content (AvgIpc) is 3.61. The van der Waals surface area contributed by atoms with E-state index in [2.05, 4.69) is 10.4 Å². The van der Waals surface area contributed by atoms with Crippen LogP contribution in [0.15, 0.2) is 90.7 Å². The Labute approximate surface area is 352 Å². The number of hydrogen-bond acceptors (Lipinski definition) is 9. The number of aromatic nitrogens is 1. The standard InChI is InChI=1S/C44H37Cl2F3N4O7/c1-4-22-5-12-27(13-6-22)52-39(55)29-15-14-28-30(36(29)41(52)57)20-32-40(56)53(51-38-33(46)19-25(21-50-38)44(47,48)49)42(58)43(32,24-8-10-26(45)11-9-24)31(28)16-7-23-17-34(59-2)37(54)35(18-23)60-3/h5-14,16-19,21,29-32,36,54H,4,15,20H2,1-3H3,(H,50,51). The molecule has 2 saturated heterocycles. The highest BCUT2D eigenvalue weighted by Crippen LogP contribution is 2.62. The number of ether oxygens (including phenoxy) is 2. The van der Waals surface area contributed by atoms with E-state index in [1.165, 1.54) is 19.1 Å². The molecule has 11 nitrogen and oxygen atoms in total. The molecule has 3 heterocycles. The third-order valence-corrected chi connectivity index (χ3v) is 12.7. The average molecular weight is 862 g/mol. The molecule has 6 unspecified atom stereocenters. The predicted molar refractivity (Wildman–Crippen MR) is 216 cm³/mol. The van der Waals surface area contributed by atoms with E-state index in [1.54, 1.807) is 60.7 Å². The van der Waals surface area contributed by atoms with Gasteiger partial charge in [0, 0.05) is 17.1 Å². The van der Waals surface area contributed by atoms with Crippen LogP contribution in [0.25, 0.3) is 6.08 Å². The van der Waals surface area contributed by atoms with E-state index in [1.807, 2.05) is 25.1 Å². The highest BCUT2D eigenvalue weighted by molar-refractivity contribution is 6.33. The number of allylic oxidation sites excluding steroid dienone is 3. The van der Waals surface area contributed by atoms with Crippen molar-refractivity contribution in [1.82, 2.24) is 9.99 Å². The SMILES string of the molecule is CCc1ccc(N2C(=O)C3CC=C4C(CC5C(=O)N(Nc6ncc(C(F)(F)F)cc6Cl)C(=O)C5(c5ccc(Cl)cc5)C4C=Cc4cc(OC)c(O)c(OC)c4)C3C2=O)cc1. The van der Waals surface area contributed by atoms with Crippen LogP contribution in [0.3, 0.4) is 0 Å². The number of amides is 4. The van der Waals surface area contributed by atoms with Gasteiger partial charge in [0.15, 0.2) is 17.3 Å². The molecule has 2 aliphatic heterocycles. The van der Waals surface area contributed by atoms with Crippen LogP contribution in [0.5, 0.6) is 17.2 Å². The Morgan fingerprint density at radius 1 is 0.933 bits per heavy atom. The van der Waals surface area contributed by atoms with E-state index in [0.29, 0.717) is 39.7 Å². The molecule has 8 rings (SSSR count). The summed E-state index contributed by atoms with van der Waals surface area (Å²) in [5.74, 6) is -7.18. The molecular formula is C44H37Cl2F3N4O7. The molecule has 4 aromatic rings. The number of benzene rings is 3. The molecule has 60 heavy (non-hydrogen) atoms. The topological polar surface area (TPSA) is 138 Å². The van der Waals surface area contributed by atoms with Crippen molar-refractivity contribution in [2.75, 3.05) is 24.5 Å². The summed E-state index contributed by atoms with van der Waals surface area (Å²) in [6, 6.07) is 17.4. The summed E-state index contributed by atoms with van der Waals surface area (Å²) in [6.07, 6.45) is 1.98. The number of imide groups is 2. The normalized spacial score (nSPS) is 25.0. The minimum absolute atomic E-state index is 0.0423. The molecule has 6 atom stereocenters. The first kappa shape index (κ1) is 40.9. The number of anilines is 2. The van der Waals surface area contributed by atoms with Gasteiger partial charge in [-0.25, -0.2) is 4.98 Å². The molecule has 3 fully saturated rings. The number of rotatable bonds is 9. The fraction of sp³-hybridized carbons (Fsp3) is 0.295. The Morgan fingerprint density at radius 2 is 1.60 bits per heavy atom. The number of alkyl halides is 3. The van der Waals surface area contributed by atoms with Gasteiger partial charge < -0.3 is 14.6 Å². The molecule has 2 N–H and O–H groups in total. The number of nitrogens with one attached hydrogen (secondary N) is 1. The summed E-state index contributed by atoms with van der Waals surface area (Å²) in [4.78, 5) is 64.1. The molecule has 2 aliphatic carbocycles. The number of aryl methyl sites for hydroxylation is 1. The second-order valence-corrected chi connectivity index (χ2v) is 16.0. The van der Waals surface area contributed by atoms with Crippen LogP contribution in [-0.4, -0.2) is 52.9 Å². The van der Waals surface area contributed by atoms with E-state index in [9.17, 15) is 32.7 Å². The van der Waals surface area contributed by atoms with Crippen molar-refractivity contribution >= 4 is 64.4 Å². The molecule has 16 heteroatoms. The summed E-state index contributed by atoms with van der Waals surface area (Å²) < 4.78 is 51.4. The van der Waals surface area contributed by atoms with Gasteiger partial charge >= 0.3 is 6.18 Å². The Balaban J connectivity index is 1.30. The van der Waals surface area contributed by atoms with Crippen LogP contribution in [0, 0.1) is 29.6 Å². The molecule has 4 amide bonds. The van der Waals surface area contributed by atoms with Crippen molar-refractivity contribution in [3.05, 3.63) is 123 Å². The number of carbonyl (C=O) groups is 4. The minimum atomic E-state index is -4.76. The fourth-order valence-corrected chi connectivity index (χ4v) is 9.72. The maximum Gasteiger partial charge on any atom is 0.417 e. The maximum atomic E-state index is 15.4. The van der Waals surface area contributed by atoms with Crippen LogP contribution in [0.2, 0.25) is 10.0 Å².